The van der Waals surface area contributed by atoms with Crippen molar-refractivity contribution in [2.24, 2.45) is 5.92 Å². The van der Waals surface area contributed by atoms with Crippen molar-refractivity contribution < 1.29 is 13.2 Å². The quantitative estimate of drug-likeness (QED) is 0.641. The summed E-state index contributed by atoms with van der Waals surface area (Å²) in [7, 11) is -3.67. The molecule has 11 heteroatoms. The first kappa shape index (κ1) is 24.7. The molecule has 1 N–H and O–H groups in total. The number of benzene rings is 1. The molecule has 2 aliphatic rings. The fraction of sp³-hybridized carbons (Fsp3) is 0.522. The number of aromatic nitrogens is 2. The van der Waals surface area contributed by atoms with E-state index < -0.39 is 10.0 Å². The second-order valence-corrected chi connectivity index (χ2v) is 11.1. The first-order valence-electron chi connectivity index (χ1n) is 11.4. The number of hydrogen-bond donors (Lipinski definition) is 1. The van der Waals surface area contributed by atoms with Gasteiger partial charge in [0.15, 0.2) is 0 Å². The van der Waals surface area contributed by atoms with Crippen LogP contribution in [0.1, 0.15) is 44.2 Å². The van der Waals surface area contributed by atoms with Crippen LogP contribution in [-0.4, -0.2) is 54.8 Å². The molecule has 2 aromatic rings. The van der Waals surface area contributed by atoms with Gasteiger partial charge in [-0.05, 0) is 56.9 Å². The Morgan fingerprint density at radius 3 is 2.56 bits per heavy atom. The van der Waals surface area contributed by atoms with Gasteiger partial charge in [-0.3, -0.25) is 4.79 Å². The van der Waals surface area contributed by atoms with Crippen LogP contribution in [-0.2, 0) is 14.8 Å². The lowest BCUT2D eigenvalue weighted by Crippen LogP contribution is -2.41. The fourth-order valence-electron chi connectivity index (χ4n) is 4.51. The Morgan fingerprint density at radius 2 is 1.94 bits per heavy atom. The molecule has 0 unspecified atom stereocenters. The summed E-state index contributed by atoms with van der Waals surface area (Å²) < 4.78 is 34.2. The smallest absolute Gasteiger partial charge is 0.287 e. The highest BCUT2D eigenvalue weighted by atomic mass is 35.5. The molecule has 0 saturated carbocycles. The molecule has 0 radical (unpaired) electrons. The number of sulfonamides is 1. The summed E-state index contributed by atoms with van der Waals surface area (Å²) in [6, 6.07) is 7.69. The molecule has 34 heavy (non-hydrogen) atoms. The zero-order chi connectivity index (χ0) is 24.3. The van der Waals surface area contributed by atoms with E-state index in [-0.39, 0.29) is 40.7 Å². The van der Waals surface area contributed by atoms with E-state index in [1.807, 2.05) is 13.0 Å². The molecule has 2 atom stereocenters. The molecule has 182 valence electrons. The van der Waals surface area contributed by atoms with E-state index in [2.05, 4.69) is 10.4 Å². The zero-order valence-electron chi connectivity index (χ0n) is 19.0. The number of ether oxygens (including phenoxy) is 1. The van der Waals surface area contributed by atoms with Gasteiger partial charge in [0.25, 0.3) is 5.56 Å². The lowest BCUT2D eigenvalue weighted by molar-refractivity contribution is 0.0496. The average molecular weight is 506 g/mol. The maximum Gasteiger partial charge on any atom is 0.287 e. The van der Waals surface area contributed by atoms with Gasteiger partial charge in [0, 0.05) is 31.7 Å². The van der Waals surface area contributed by atoms with Crippen molar-refractivity contribution in [3.05, 3.63) is 51.4 Å². The maximum atomic E-state index is 13.0. The molecule has 0 amide bonds. The predicted molar refractivity (Wildman–Crippen MR) is 128 cm³/mol. The summed E-state index contributed by atoms with van der Waals surface area (Å²) in [4.78, 5) is 13.1. The number of nitrogens with one attached hydrogen (secondary N) is 1. The first-order chi connectivity index (χ1) is 16.3. The number of piperidine rings is 1. The second kappa shape index (κ2) is 10.4. The molecular weight excluding hydrogens is 478 g/mol. The normalized spacial score (nSPS) is 21.0. The molecule has 4 rings (SSSR count). The zero-order valence-corrected chi connectivity index (χ0v) is 20.6. The van der Waals surface area contributed by atoms with E-state index >= 15 is 0 Å². The van der Waals surface area contributed by atoms with Crippen LogP contribution in [0.2, 0.25) is 5.02 Å². The van der Waals surface area contributed by atoms with Gasteiger partial charge in [-0.1, -0.05) is 11.6 Å². The number of nitriles is 1. The van der Waals surface area contributed by atoms with Gasteiger partial charge >= 0.3 is 0 Å². The first-order valence-corrected chi connectivity index (χ1v) is 13.2. The molecule has 1 aromatic heterocycles. The molecule has 2 saturated heterocycles. The monoisotopic (exact) mass is 505 g/mol. The summed E-state index contributed by atoms with van der Waals surface area (Å²) in [6.07, 6.45) is 4.54. The van der Waals surface area contributed by atoms with E-state index in [1.165, 1.54) is 33.3 Å². The van der Waals surface area contributed by atoms with E-state index in [0.29, 0.717) is 36.6 Å². The van der Waals surface area contributed by atoms with Crippen molar-refractivity contribution in [1.82, 2.24) is 14.1 Å². The van der Waals surface area contributed by atoms with Crippen LogP contribution in [0.25, 0.3) is 0 Å². The van der Waals surface area contributed by atoms with Crippen molar-refractivity contribution in [2.45, 2.75) is 49.6 Å². The van der Waals surface area contributed by atoms with Crippen LogP contribution >= 0.6 is 11.6 Å². The van der Waals surface area contributed by atoms with E-state index in [4.69, 9.17) is 21.6 Å². The summed E-state index contributed by atoms with van der Waals surface area (Å²) in [5.74, 6) is 0.342. The summed E-state index contributed by atoms with van der Waals surface area (Å²) in [6.45, 7) is 4.04. The van der Waals surface area contributed by atoms with Crippen molar-refractivity contribution in [3.63, 3.8) is 0 Å². The topological polar surface area (TPSA) is 117 Å². The Labute approximate surface area is 204 Å². The Hall–Kier alpha value is -2.45. The van der Waals surface area contributed by atoms with Gasteiger partial charge in [0.1, 0.15) is 5.02 Å². The number of hydrogen-bond acceptors (Lipinski definition) is 7. The molecule has 3 heterocycles. The maximum absolute atomic E-state index is 13.0. The molecule has 9 nitrogen and oxygen atoms in total. The lowest BCUT2D eigenvalue weighted by Gasteiger charge is -2.32. The molecule has 0 bridgehead atoms. The minimum absolute atomic E-state index is 0.0884. The van der Waals surface area contributed by atoms with Gasteiger partial charge in [-0.25, -0.2) is 13.1 Å². The van der Waals surface area contributed by atoms with Gasteiger partial charge in [-0.15, -0.1) is 0 Å². The molecular formula is C23H28ClN5O4S. The van der Waals surface area contributed by atoms with Crippen LogP contribution in [0.4, 0.5) is 5.69 Å². The Bertz CT molecular complexity index is 1210. The van der Waals surface area contributed by atoms with Gasteiger partial charge in [0.05, 0.1) is 41.1 Å². The summed E-state index contributed by atoms with van der Waals surface area (Å²) in [5.41, 5.74) is 0.522. The largest absolute Gasteiger partial charge is 0.381 e. The number of nitrogens with zero attached hydrogens (tertiary/aromatic N) is 4. The molecule has 0 aliphatic carbocycles. The SMILES string of the molecule is C[C@@H](Nc1cnn(C2CCN(S(=O)(=O)c3ccc(C#N)cc3)CC2)c(=O)c1Cl)[C@@H]1CCCOC1. The summed E-state index contributed by atoms with van der Waals surface area (Å²) >= 11 is 6.41. The standard InChI is InChI=1S/C23H28ClN5O4S/c1-16(18-3-2-12-33-15-18)27-21-14-26-29(23(30)22(21)24)19-8-10-28(11-9-19)34(31,32)20-6-4-17(13-25)5-7-20/h4-7,14,16,18-19,27H,2-3,8-12,15H2,1H3/t16-,18-/m1/s1. The summed E-state index contributed by atoms with van der Waals surface area (Å²) in [5, 5.41) is 16.7. The predicted octanol–water partition coefficient (Wildman–Crippen LogP) is 3.02. The van der Waals surface area contributed by atoms with Gasteiger partial charge in [-0.2, -0.15) is 14.7 Å². The number of halogens is 1. The average Bonchev–Trinajstić information content (AvgIpc) is 2.87. The lowest BCUT2D eigenvalue weighted by atomic mass is 9.95. The van der Waals surface area contributed by atoms with E-state index in [9.17, 15) is 13.2 Å². The Morgan fingerprint density at radius 1 is 1.24 bits per heavy atom. The van der Waals surface area contributed by atoms with E-state index in [0.717, 1.165) is 19.4 Å². The van der Waals surface area contributed by atoms with Crippen molar-refractivity contribution in [1.29, 1.82) is 5.26 Å². The third-order valence-electron chi connectivity index (χ3n) is 6.62. The highest BCUT2D eigenvalue weighted by Gasteiger charge is 2.31. The molecule has 2 fully saturated rings. The van der Waals surface area contributed by atoms with Crippen LogP contribution in [0, 0.1) is 17.2 Å². The van der Waals surface area contributed by atoms with Crippen molar-refractivity contribution in [2.75, 3.05) is 31.6 Å². The molecule has 0 spiro atoms. The van der Waals surface area contributed by atoms with Crippen LogP contribution in [0.5, 0.6) is 0 Å². The number of anilines is 1. The third kappa shape index (κ3) is 5.13. The third-order valence-corrected chi connectivity index (χ3v) is 8.90. The van der Waals surface area contributed by atoms with Crippen molar-refractivity contribution in [3.8, 4) is 6.07 Å². The van der Waals surface area contributed by atoms with Crippen LogP contribution in [0.15, 0.2) is 40.2 Å². The van der Waals surface area contributed by atoms with Gasteiger partial charge < -0.3 is 10.1 Å². The van der Waals surface area contributed by atoms with Crippen LogP contribution in [0.3, 0.4) is 0 Å². The molecule has 2 aliphatic heterocycles. The van der Waals surface area contributed by atoms with E-state index in [1.54, 1.807) is 6.20 Å². The highest BCUT2D eigenvalue weighted by Crippen LogP contribution is 2.28. The minimum Gasteiger partial charge on any atom is -0.381 e. The Kier molecular flexibility index (Phi) is 7.57. The number of rotatable bonds is 6. The van der Waals surface area contributed by atoms with Crippen molar-refractivity contribution >= 4 is 27.3 Å². The van der Waals surface area contributed by atoms with Gasteiger partial charge in [0.2, 0.25) is 10.0 Å². The van der Waals surface area contributed by atoms with Crippen LogP contribution < -0.4 is 10.9 Å². The minimum atomic E-state index is -3.67. The highest BCUT2D eigenvalue weighted by molar-refractivity contribution is 7.89. The second-order valence-electron chi connectivity index (χ2n) is 8.80. The molecule has 1 aromatic carbocycles. The Balaban J connectivity index is 1.42. The fourth-order valence-corrected chi connectivity index (χ4v) is 6.17.